The van der Waals surface area contributed by atoms with Gasteiger partial charge in [0.05, 0.1) is 6.26 Å². The highest BCUT2D eigenvalue weighted by molar-refractivity contribution is 7.88. The summed E-state index contributed by atoms with van der Waals surface area (Å²) < 4.78 is 26.2. The Balaban J connectivity index is 2.21. The molecule has 1 saturated heterocycles. The van der Waals surface area contributed by atoms with Gasteiger partial charge in [0.1, 0.15) is 0 Å². The molecule has 2 heterocycles. The second kappa shape index (κ2) is 5.48. The van der Waals surface area contributed by atoms with Crippen molar-refractivity contribution in [2.45, 2.75) is 38.1 Å². The third kappa shape index (κ3) is 2.58. The minimum atomic E-state index is -3.25. The van der Waals surface area contributed by atoms with Crippen molar-refractivity contribution in [2.75, 3.05) is 25.9 Å². The molecule has 1 aromatic carbocycles. The Kier molecular flexibility index (Phi) is 4.05. The number of fused-ring (bicyclic) bond motifs is 2. The van der Waals surface area contributed by atoms with Crippen molar-refractivity contribution < 1.29 is 8.42 Å². The Hall–Kier alpha value is -0.620. The number of nitrogens with zero attached hydrogens (tertiary/aromatic N) is 1. The fraction of sp³-hybridized carbons (Fsp3) is 0.625. The predicted octanol–water partition coefficient (Wildman–Crippen LogP) is 2.61. The first-order valence-corrected chi connectivity index (χ1v) is 9.95. The lowest BCUT2D eigenvalue weighted by atomic mass is 9.68. The van der Waals surface area contributed by atoms with E-state index in [-0.39, 0.29) is 11.5 Å². The summed E-state index contributed by atoms with van der Waals surface area (Å²) in [5, 5.41) is 4.10. The van der Waals surface area contributed by atoms with E-state index in [2.05, 4.69) is 11.4 Å². The maximum absolute atomic E-state index is 12.3. The van der Waals surface area contributed by atoms with Gasteiger partial charge in [-0.2, -0.15) is 4.31 Å². The average molecular weight is 343 g/mol. The molecular formula is C16H23ClN2O2S. The van der Waals surface area contributed by atoms with E-state index in [0.29, 0.717) is 11.6 Å². The Labute approximate surface area is 137 Å². The van der Waals surface area contributed by atoms with Crippen LogP contribution in [0.1, 0.15) is 42.5 Å². The summed E-state index contributed by atoms with van der Waals surface area (Å²) in [4.78, 5) is 0. The second-order valence-electron chi connectivity index (χ2n) is 6.70. The molecule has 1 N–H and O–H groups in total. The van der Waals surface area contributed by atoms with Crippen LogP contribution in [0.3, 0.4) is 0 Å². The molecule has 1 atom stereocenters. The first-order chi connectivity index (χ1) is 10.2. The van der Waals surface area contributed by atoms with Crippen molar-refractivity contribution in [2.24, 2.45) is 0 Å². The highest BCUT2D eigenvalue weighted by atomic mass is 35.5. The van der Waals surface area contributed by atoms with Gasteiger partial charge in [-0.25, -0.2) is 8.42 Å². The average Bonchev–Trinajstić information content (AvgIpc) is 2.45. The lowest BCUT2D eigenvalue weighted by molar-refractivity contribution is 0.189. The van der Waals surface area contributed by atoms with Crippen molar-refractivity contribution in [1.82, 2.24) is 9.62 Å². The molecule has 2 aliphatic heterocycles. The van der Waals surface area contributed by atoms with Crippen molar-refractivity contribution in [3.8, 4) is 0 Å². The number of aryl methyl sites for hydroxylation is 1. The van der Waals surface area contributed by atoms with Gasteiger partial charge in [-0.15, -0.1) is 0 Å². The van der Waals surface area contributed by atoms with E-state index in [0.717, 1.165) is 37.1 Å². The molecule has 0 aromatic heterocycles. The molecule has 0 amide bonds. The number of nitrogens with one attached hydrogen (secondary N) is 1. The lowest BCUT2D eigenvalue weighted by Crippen LogP contribution is -2.53. The van der Waals surface area contributed by atoms with Crippen LogP contribution in [-0.2, 0) is 15.4 Å². The van der Waals surface area contributed by atoms with Crippen LogP contribution in [0.25, 0.3) is 0 Å². The standard InChI is InChI=1S/C16H23ClN2O2S/c1-11-8-14-13(9-15(11)17)12(2)19(22(3,20)21)10-16(14)4-6-18-7-5-16/h8-9,12,18H,4-7,10H2,1-3H3/t12-/m1/s1. The third-order valence-corrected chi connectivity index (χ3v) is 6.93. The van der Waals surface area contributed by atoms with Crippen LogP contribution in [0.4, 0.5) is 0 Å². The third-order valence-electron chi connectivity index (χ3n) is 5.23. The van der Waals surface area contributed by atoms with Crippen molar-refractivity contribution >= 4 is 21.6 Å². The molecular weight excluding hydrogens is 320 g/mol. The first kappa shape index (κ1) is 16.2. The summed E-state index contributed by atoms with van der Waals surface area (Å²) in [6, 6.07) is 3.99. The topological polar surface area (TPSA) is 49.4 Å². The molecule has 0 saturated carbocycles. The predicted molar refractivity (Wildman–Crippen MR) is 89.9 cm³/mol. The Bertz CT molecular complexity index is 696. The van der Waals surface area contributed by atoms with Crippen LogP contribution in [-0.4, -0.2) is 38.6 Å². The Morgan fingerprint density at radius 2 is 1.95 bits per heavy atom. The van der Waals surface area contributed by atoms with Crippen LogP contribution in [0, 0.1) is 6.92 Å². The van der Waals surface area contributed by atoms with Gasteiger partial charge < -0.3 is 5.32 Å². The van der Waals surface area contributed by atoms with Crippen molar-refractivity contribution in [3.05, 3.63) is 33.8 Å². The molecule has 122 valence electrons. The number of piperidine rings is 1. The first-order valence-electron chi connectivity index (χ1n) is 7.73. The second-order valence-corrected chi connectivity index (χ2v) is 9.05. The molecule has 0 bridgehead atoms. The fourth-order valence-electron chi connectivity index (χ4n) is 3.91. The molecule has 22 heavy (non-hydrogen) atoms. The summed E-state index contributed by atoms with van der Waals surface area (Å²) >= 11 is 6.32. The van der Waals surface area contributed by atoms with Gasteiger partial charge in [-0.3, -0.25) is 0 Å². The lowest BCUT2D eigenvalue weighted by Gasteiger charge is -2.48. The number of rotatable bonds is 1. The smallest absolute Gasteiger partial charge is 0.211 e. The van der Waals surface area contributed by atoms with E-state index in [1.54, 1.807) is 4.31 Å². The quantitative estimate of drug-likeness (QED) is 0.853. The summed E-state index contributed by atoms with van der Waals surface area (Å²) in [6.07, 6.45) is 3.22. The van der Waals surface area contributed by atoms with Crippen LogP contribution >= 0.6 is 11.6 Å². The SMILES string of the molecule is Cc1cc2c(cc1Cl)[C@@H](C)N(S(C)(=O)=O)CC21CCNCC1. The van der Waals surface area contributed by atoms with Gasteiger partial charge in [0.2, 0.25) is 10.0 Å². The van der Waals surface area contributed by atoms with Crippen LogP contribution in [0.2, 0.25) is 5.02 Å². The van der Waals surface area contributed by atoms with E-state index >= 15 is 0 Å². The molecule has 6 heteroatoms. The molecule has 1 spiro atoms. The van der Waals surface area contributed by atoms with E-state index in [1.165, 1.54) is 11.8 Å². The molecule has 4 nitrogen and oxygen atoms in total. The Morgan fingerprint density at radius 1 is 1.32 bits per heavy atom. The molecule has 0 radical (unpaired) electrons. The summed E-state index contributed by atoms with van der Waals surface area (Å²) in [5.74, 6) is 0. The molecule has 0 unspecified atom stereocenters. The van der Waals surface area contributed by atoms with Gasteiger partial charge in [0.25, 0.3) is 0 Å². The van der Waals surface area contributed by atoms with Gasteiger partial charge >= 0.3 is 0 Å². The van der Waals surface area contributed by atoms with Crippen LogP contribution in [0.15, 0.2) is 12.1 Å². The van der Waals surface area contributed by atoms with Gasteiger partial charge in [0, 0.05) is 23.0 Å². The summed E-state index contributed by atoms with van der Waals surface area (Å²) in [5.41, 5.74) is 3.33. The maximum Gasteiger partial charge on any atom is 0.211 e. The maximum atomic E-state index is 12.3. The number of hydrogen-bond donors (Lipinski definition) is 1. The van der Waals surface area contributed by atoms with Gasteiger partial charge in [-0.1, -0.05) is 17.7 Å². The minimum absolute atomic E-state index is 0.0917. The van der Waals surface area contributed by atoms with E-state index in [4.69, 9.17) is 11.6 Å². The summed E-state index contributed by atoms with van der Waals surface area (Å²) in [7, 11) is -3.25. The molecule has 2 aliphatic rings. The monoisotopic (exact) mass is 342 g/mol. The molecule has 1 aromatic rings. The normalized spacial score (nSPS) is 25.2. The zero-order valence-electron chi connectivity index (χ0n) is 13.3. The van der Waals surface area contributed by atoms with Crippen molar-refractivity contribution in [3.63, 3.8) is 0 Å². The van der Waals surface area contributed by atoms with E-state index in [1.807, 2.05) is 19.9 Å². The minimum Gasteiger partial charge on any atom is -0.317 e. The fourth-order valence-corrected chi connectivity index (χ4v) is 5.26. The van der Waals surface area contributed by atoms with E-state index < -0.39 is 10.0 Å². The van der Waals surface area contributed by atoms with Gasteiger partial charge in [-0.05, 0) is 62.5 Å². The van der Waals surface area contributed by atoms with Crippen LogP contribution < -0.4 is 5.32 Å². The zero-order valence-corrected chi connectivity index (χ0v) is 14.9. The number of halogens is 1. The largest absolute Gasteiger partial charge is 0.317 e. The number of benzene rings is 1. The highest BCUT2D eigenvalue weighted by Crippen LogP contribution is 2.46. The van der Waals surface area contributed by atoms with Crippen molar-refractivity contribution in [1.29, 1.82) is 0 Å². The van der Waals surface area contributed by atoms with Gasteiger partial charge in [0.15, 0.2) is 0 Å². The highest BCUT2D eigenvalue weighted by Gasteiger charge is 2.45. The zero-order chi connectivity index (χ0) is 16.1. The molecule has 0 aliphatic carbocycles. The Morgan fingerprint density at radius 3 is 2.55 bits per heavy atom. The molecule has 3 rings (SSSR count). The number of hydrogen-bond acceptors (Lipinski definition) is 3. The van der Waals surface area contributed by atoms with Crippen LogP contribution in [0.5, 0.6) is 0 Å². The van der Waals surface area contributed by atoms with E-state index in [9.17, 15) is 8.42 Å². The number of sulfonamides is 1. The molecule has 1 fully saturated rings. The summed E-state index contributed by atoms with van der Waals surface area (Å²) in [6.45, 7) is 6.40.